The molecule has 0 fully saturated rings. The zero-order valence-corrected chi connectivity index (χ0v) is 10.6. The second kappa shape index (κ2) is 3.62. The topological polar surface area (TPSA) is 43.6 Å². The Kier molecular flexibility index (Phi) is 2.61. The molecule has 0 spiro atoms. The van der Waals surface area contributed by atoms with Gasteiger partial charge in [-0.2, -0.15) is 4.98 Å². The Hall–Kier alpha value is -0.430. The molecule has 0 atom stereocenters. The van der Waals surface area contributed by atoms with Crippen molar-refractivity contribution in [1.82, 2.24) is 19.5 Å². The van der Waals surface area contributed by atoms with E-state index < -0.39 is 0 Å². The molecule has 0 aliphatic carbocycles. The molecule has 0 bridgehead atoms. The highest BCUT2D eigenvalue weighted by atomic mass is 127. The summed E-state index contributed by atoms with van der Waals surface area (Å²) < 4.78 is 2.77. The van der Waals surface area contributed by atoms with Crippen LogP contribution in [-0.2, 0) is 0 Å². The van der Waals surface area contributed by atoms with Crippen LogP contribution in [0.25, 0.3) is 11.2 Å². The number of rotatable bonds is 1. The third-order valence-corrected chi connectivity index (χ3v) is 2.83. The van der Waals surface area contributed by atoms with E-state index in [1.807, 2.05) is 4.57 Å². The molecular formula is C8H8ClIN4. The summed E-state index contributed by atoms with van der Waals surface area (Å²) in [7, 11) is 0. The van der Waals surface area contributed by atoms with Gasteiger partial charge in [0.05, 0.1) is 6.33 Å². The summed E-state index contributed by atoms with van der Waals surface area (Å²) in [6.07, 6.45) is 1.77. The van der Waals surface area contributed by atoms with Gasteiger partial charge in [0, 0.05) is 6.04 Å². The van der Waals surface area contributed by atoms with Crippen LogP contribution in [0.5, 0.6) is 0 Å². The summed E-state index contributed by atoms with van der Waals surface area (Å²) in [6, 6.07) is 0.321. The molecule has 0 radical (unpaired) electrons. The predicted octanol–water partition coefficient (Wildman–Crippen LogP) is 2.67. The van der Waals surface area contributed by atoms with Crippen LogP contribution in [0.4, 0.5) is 0 Å². The highest BCUT2D eigenvalue weighted by molar-refractivity contribution is 14.1. The maximum Gasteiger partial charge on any atom is 0.225 e. The Balaban J connectivity index is 2.78. The molecule has 0 saturated carbocycles. The van der Waals surface area contributed by atoms with Crippen molar-refractivity contribution in [2.45, 2.75) is 19.9 Å². The van der Waals surface area contributed by atoms with Crippen molar-refractivity contribution in [1.29, 1.82) is 0 Å². The Morgan fingerprint density at radius 2 is 2.14 bits per heavy atom. The van der Waals surface area contributed by atoms with Gasteiger partial charge >= 0.3 is 0 Å². The standard InChI is InChI=1S/C8H8ClIN4/c1-4(2)14-3-11-5-6(10)12-8(9)13-7(5)14/h3-4H,1-2H3. The largest absolute Gasteiger partial charge is 0.313 e. The molecule has 6 heteroatoms. The Morgan fingerprint density at radius 1 is 1.43 bits per heavy atom. The molecule has 0 aliphatic rings. The van der Waals surface area contributed by atoms with Crippen LogP contribution in [0.1, 0.15) is 19.9 Å². The molecule has 0 aromatic carbocycles. The van der Waals surface area contributed by atoms with E-state index in [0.29, 0.717) is 6.04 Å². The van der Waals surface area contributed by atoms with E-state index in [1.54, 1.807) is 6.33 Å². The van der Waals surface area contributed by atoms with Gasteiger partial charge in [0.15, 0.2) is 5.65 Å². The number of hydrogen-bond acceptors (Lipinski definition) is 3. The number of nitrogens with zero attached hydrogens (tertiary/aromatic N) is 4. The van der Waals surface area contributed by atoms with E-state index in [1.165, 1.54) is 0 Å². The Bertz CT molecular complexity index is 479. The van der Waals surface area contributed by atoms with Gasteiger partial charge in [-0.25, -0.2) is 9.97 Å². The first-order valence-electron chi connectivity index (χ1n) is 4.15. The first-order valence-corrected chi connectivity index (χ1v) is 5.61. The van der Waals surface area contributed by atoms with Gasteiger partial charge in [-0.1, -0.05) is 0 Å². The first kappa shape index (κ1) is 10.1. The number of aromatic nitrogens is 4. The van der Waals surface area contributed by atoms with Gasteiger partial charge in [0.2, 0.25) is 5.28 Å². The van der Waals surface area contributed by atoms with E-state index in [2.05, 4.69) is 51.4 Å². The van der Waals surface area contributed by atoms with E-state index in [4.69, 9.17) is 11.6 Å². The van der Waals surface area contributed by atoms with E-state index in [0.717, 1.165) is 14.9 Å². The zero-order chi connectivity index (χ0) is 10.3. The normalized spacial score (nSPS) is 11.5. The third kappa shape index (κ3) is 1.58. The Morgan fingerprint density at radius 3 is 2.79 bits per heavy atom. The van der Waals surface area contributed by atoms with Crippen LogP contribution in [0.3, 0.4) is 0 Å². The van der Waals surface area contributed by atoms with Gasteiger partial charge in [-0.05, 0) is 48.0 Å². The van der Waals surface area contributed by atoms with Gasteiger partial charge in [-0.15, -0.1) is 0 Å². The van der Waals surface area contributed by atoms with Gasteiger partial charge in [-0.3, -0.25) is 0 Å². The lowest BCUT2D eigenvalue weighted by atomic mass is 10.4. The minimum atomic E-state index is 0.268. The molecule has 2 aromatic heterocycles. The Labute approximate surface area is 99.9 Å². The fourth-order valence-electron chi connectivity index (χ4n) is 1.24. The third-order valence-electron chi connectivity index (χ3n) is 1.91. The lowest BCUT2D eigenvalue weighted by molar-refractivity contribution is 0.612. The molecular weight excluding hydrogens is 314 g/mol. The number of fused-ring (bicyclic) bond motifs is 1. The second-order valence-corrected chi connectivity index (χ2v) is 4.56. The molecule has 2 heterocycles. The molecule has 2 rings (SSSR count). The highest BCUT2D eigenvalue weighted by Gasteiger charge is 2.11. The monoisotopic (exact) mass is 322 g/mol. The van der Waals surface area contributed by atoms with Crippen molar-refractivity contribution < 1.29 is 0 Å². The maximum atomic E-state index is 5.79. The van der Waals surface area contributed by atoms with Crippen molar-refractivity contribution in [3.8, 4) is 0 Å². The average Bonchev–Trinajstić information content (AvgIpc) is 2.47. The summed E-state index contributed by atoms with van der Waals surface area (Å²) in [5, 5.41) is 0.268. The molecule has 2 aromatic rings. The van der Waals surface area contributed by atoms with Crippen LogP contribution >= 0.6 is 34.2 Å². The van der Waals surface area contributed by atoms with Crippen LogP contribution in [-0.4, -0.2) is 19.5 Å². The van der Waals surface area contributed by atoms with Crippen molar-refractivity contribution >= 4 is 45.4 Å². The summed E-state index contributed by atoms with van der Waals surface area (Å²) in [4.78, 5) is 12.5. The molecule has 0 unspecified atom stereocenters. The van der Waals surface area contributed by atoms with E-state index in [-0.39, 0.29) is 5.28 Å². The van der Waals surface area contributed by atoms with Crippen molar-refractivity contribution in [3.05, 3.63) is 15.3 Å². The van der Waals surface area contributed by atoms with E-state index >= 15 is 0 Å². The fourth-order valence-corrected chi connectivity index (χ4v) is 2.15. The molecule has 74 valence electrons. The minimum absolute atomic E-state index is 0.268. The fraction of sp³-hybridized carbons (Fsp3) is 0.375. The summed E-state index contributed by atoms with van der Waals surface area (Å²) in [5.74, 6) is 0. The van der Waals surface area contributed by atoms with Crippen LogP contribution < -0.4 is 0 Å². The van der Waals surface area contributed by atoms with Gasteiger partial charge in [0.1, 0.15) is 9.22 Å². The molecule has 14 heavy (non-hydrogen) atoms. The van der Waals surface area contributed by atoms with Crippen LogP contribution in [0.15, 0.2) is 6.33 Å². The van der Waals surface area contributed by atoms with Gasteiger partial charge < -0.3 is 4.57 Å². The SMILES string of the molecule is CC(C)n1cnc2c(I)nc(Cl)nc21. The number of hydrogen-bond donors (Lipinski definition) is 0. The highest BCUT2D eigenvalue weighted by Crippen LogP contribution is 2.20. The van der Waals surface area contributed by atoms with Crippen molar-refractivity contribution in [2.75, 3.05) is 0 Å². The lowest BCUT2D eigenvalue weighted by Gasteiger charge is -2.06. The maximum absolute atomic E-state index is 5.79. The lowest BCUT2D eigenvalue weighted by Crippen LogP contribution is -2.00. The van der Waals surface area contributed by atoms with E-state index in [9.17, 15) is 0 Å². The number of halogens is 2. The quantitative estimate of drug-likeness (QED) is 0.460. The van der Waals surface area contributed by atoms with Crippen molar-refractivity contribution in [3.63, 3.8) is 0 Å². The predicted molar refractivity (Wildman–Crippen MR) is 63.4 cm³/mol. The summed E-state index contributed by atoms with van der Waals surface area (Å²) in [5.41, 5.74) is 1.60. The molecule has 0 amide bonds. The minimum Gasteiger partial charge on any atom is -0.313 e. The summed E-state index contributed by atoms with van der Waals surface area (Å²) >= 11 is 7.90. The molecule has 0 saturated heterocycles. The molecule has 0 aliphatic heterocycles. The average molecular weight is 323 g/mol. The first-order chi connectivity index (χ1) is 6.59. The summed E-state index contributed by atoms with van der Waals surface area (Å²) in [6.45, 7) is 4.15. The van der Waals surface area contributed by atoms with Crippen LogP contribution in [0, 0.1) is 3.70 Å². The zero-order valence-electron chi connectivity index (χ0n) is 7.70. The van der Waals surface area contributed by atoms with Crippen LogP contribution in [0.2, 0.25) is 5.28 Å². The van der Waals surface area contributed by atoms with Gasteiger partial charge in [0.25, 0.3) is 0 Å². The van der Waals surface area contributed by atoms with Crippen molar-refractivity contribution in [2.24, 2.45) is 0 Å². The molecule has 0 N–H and O–H groups in total. The second-order valence-electron chi connectivity index (χ2n) is 3.20. The number of imidazole rings is 1. The molecule has 4 nitrogen and oxygen atoms in total. The smallest absolute Gasteiger partial charge is 0.225 e.